The number of hydrogen-bond donors (Lipinski definition) is 0. The van der Waals surface area contributed by atoms with Crippen LogP contribution in [0.2, 0.25) is 0 Å². The van der Waals surface area contributed by atoms with Crippen LogP contribution in [-0.4, -0.2) is 38.1 Å². The van der Waals surface area contributed by atoms with E-state index in [1.165, 1.54) is 0 Å². The highest BCUT2D eigenvalue weighted by Crippen LogP contribution is 2.22. The molecule has 5 nitrogen and oxygen atoms in total. The first-order chi connectivity index (χ1) is 10.3. The third kappa shape index (κ3) is 3.83. The Labute approximate surface area is 124 Å². The largest absolute Gasteiger partial charge is 0.491 e. The van der Waals surface area contributed by atoms with Crippen LogP contribution in [0, 0.1) is 0 Å². The normalized spacial score (nSPS) is 11.0. The second-order valence-corrected chi connectivity index (χ2v) is 4.57. The fourth-order valence-corrected chi connectivity index (χ4v) is 2.14. The van der Waals surface area contributed by atoms with Gasteiger partial charge in [-0.25, -0.2) is 0 Å². The van der Waals surface area contributed by atoms with E-state index < -0.39 is 0 Å². The predicted octanol–water partition coefficient (Wildman–Crippen LogP) is 2.06. The van der Waals surface area contributed by atoms with Crippen LogP contribution in [0.3, 0.4) is 0 Å². The number of methoxy groups -OCH3 is 1. The van der Waals surface area contributed by atoms with E-state index in [0.717, 1.165) is 5.39 Å². The molecule has 0 spiro atoms. The number of hydrogen-bond acceptors (Lipinski definition) is 4. The van der Waals surface area contributed by atoms with E-state index >= 15 is 0 Å². The van der Waals surface area contributed by atoms with Crippen LogP contribution in [0.4, 0.5) is 0 Å². The van der Waals surface area contributed by atoms with Crippen molar-refractivity contribution in [3.05, 3.63) is 40.8 Å². The van der Waals surface area contributed by atoms with Gasteiger partial charge in [-0.05, 0) is 25.1 Å². The number of rotatable bonds is 8. The summed E-state index contributed by atoms with van der Waals surface area (Å²) in [4.78, 5) is 12.4. The van der Waals surface area contributed by atoms with Crippen LogP contribution in [0.1, 0.15) is 6.92 Å². The molecule has 0 saturated heterocycles. The van der Waals surface area contributed by atoms with Gasteiger partial charge in [-0.2, -0.15) is 0 Å². The zero-order chi connectivity index (χ0) is 15.1. The maximum Gasteiger partial charge on any atom is 0.258 e. The van der Waals surface area contributed by atoms with Crippen molar-refractivity contribution in [2.45, 2.75) is 13.5 Å². The van der Waals surface area contributed by atoms with Gasteiger partial charge in [-0.15, -0.1) is 0 Å². The summed E-state index contributed by atoms with van der Waals surface area (Å²) in [6.45, 7) is 4.68. The van der Waals surface area contributed by atoms with E-state index in [2.05, 4.69) is 0 Å². The highest BCUT2D eigenvalue weighted by atomic mass is 16.5. The Hall–Kier alpha value is -1.85. The van der Waals surface area contributed by atoms with Crippen LogP contribution in [-0.2, 0) is 16.0 Å². The molecule has 0 aliphatic heterocycles. The van der Waals surface area contributed by atoms with Crippen LogP contribution < -0.4 is 10.3 Å². The van der Waals surface area contributed by atoms with Gasteiger partial charge in [0.2, 0.25) is 0 Å². The van der Waals surface area contributed by atoms with Gasteiger partial charge in [0, 0.05) is 31.8 Å². The summed E-state index contributed by atoms with van der Waals surface area (Å²) in [6, 6.07) is 7.42. The molecule has 1 aromatic heterocycles. The number of benzene rings is 1. The van der Waals surface area contributed by atoms with Gasteiger partial charge in [0.25, 0.3) is 5.56 Å². The second-order valence-electron chi connectivity index (χ2n) is 4.57. The van der Waals surface area contributed by atoms with Crippen molar-refractivity contribution in [3.8, 4) is 5.75 Å². The fraction of sp³-hybridized carbons (Fsp3) is 0.438. The third-order valence-electron chi connectivity index (χ3n) is 3.20. The molecule has 1 heterocycles. The fourth-order valence-electron chi connectivity index (χ4n) is 2.14. The quantitative estimate of drug-likeness (QED) is 0.699. The van der Waals surface area contributed by atoms with Crippen molar-refractivity contribution in [3.63, 3.8) is 0 Å². The van der Waals surface area contributed by atoms with Crippen LogP contribution in [0.5, 0.6) is 5.75 Å². The number of ether oxygens (including phenoxy) is 3. The SMILES string of the molecule is CCOCCOc1cccc2c(=O)n(CCOC)ccc12. The number of nitrogens with zero attached hydrogens (tertiary/aromatic N) is 1. The molecule has 0 radical (unpaired) electrons. The summed E-state index contributed by atoms with van der Waals surface area (Å²) in [7, 11) is 1.62. The van der Waals surface area contributed by atoms with Crippen molar-refractivity contribution in [2.75, 3.05) is 33.5 Å². The Bertz CT molecular complexity index is 636. The first-order valence-electron chi connectivity index (χ1n) is 7.09. The summed E-state index contributed by atoms with van der Waals surface area (Å²) in [5.41, 5.74) is -0.0280. The molecule has 2 rings (SSSR count). The third-order valence-corrected chi connectivity index (χ3v) is 3.20. The lowest BCUT2D eigenvalue weighted by Gasteiger charge is -2.11. The van der Waals surface area contributed by atoms with Crippen LogP contribution in [0.25, 0.3) is 10.8 Å². The molecule has 0 saturated carbocycles. The average molecular weight is 291 g/mol. The molecular formula is C16H21NO4. The van der Waals surface area contributed by atoms with Crippen molar-refractivity contribution in [1.82, 2.24) is 4.57 Å². The van der Waals surface area contributed by atoms with E-state index in [1.807, 2.05) is 31.2 Å². The summed E-state index contributed by atoms with van der Waals surface area (Å²) in [5.74, 6) is 0.711. The molecule has 1 aromatic carbocycles. The molecule has 5 heteroatoms. The van der Waals surface area contributed by atoms with Gasteiger partial charge in [0.05, 0.1) is 18.6 Å². The van der Waals surface area contributed by atoms with Gasteiger partial charge in [0.15, 0.2) is 0 Å². The van der Waals surface area contributed by atoms with Gasteiger partial charge < -0.3 is 18.8 Å². The molecule has 0 unspecified atom stereocenters. The molecular weight excluding hydrogens is 270 g/mol. The molecule has 21 heavy (non-hydrogen) atoms. The van der Waals surface area contributed by atoms with Crippen molar-refractivity contribution >= 4 is 10.8 Å². The van der Waals surface area contributed by atoms with Crippen molar-refractivity contribution in [2.24, 2.45) is 0 Å². The summed E-state index contributed by atoms with van der Waals surface area (Å²) in [6.07, 6.45) is 1.78. The van der Waals surface area contributed by atoms with Gasteiger partial charge >= 0.3 is 0 Å². The number of fused-ring (bicyclic) bond motifs is 1. The van der Waals surface area contributed by atoms with Crippen LogP contribution in [0.15, 0.2) is 35.3 Å². The van der Waals surface area contributed by atoms with E-state index in [-0.39, 0.29) is 5.56 Å². The first-order valence-corrected chi connectivity index (χ1v) is 7.09. The molecule has 0 fully saturated rings. The lowest BCUT2D eigenvalue weighted by molar-refractivity contribution is 0.111. The smallest absolute Gasteiger partial charge is 0.258 e. The highest BCUT2D eigenvalue weighted by molar-refractivity contribution is 5.87. The van der Waals surface area contributed by atoms with Gasteiger partial charge in [-0.3, -0.25) is 4.79 Å². The minimum Gasteiger partial charge on any atom is -0.491 e. The molecule has 0 N–H and O–H groups in total. The summed E-state index contributed by atoms with van der Waals surface area (Å²) >= 11 is 0. The van der Waals surface area contributed by atoms with Gasteiger partial charge in [-0.1, -0.05) is 6.07 Å². The first kappa shape index (κ1) is 15.5. The Morgan fingerprint density at radius 3 is 2.71 bits per heavy atom. The van der Waals surface area contributed by atoms with E-state index in [9.17, 15) is 4.79 Å². The Kier molecular flexibility index (Phi) is 5.78. The topological polar surface area (TPSA) is 49.7 Å². The van der Waals surface area contributed by atoms with E-state index in [0.29, 0.717) is 44.1 Å². The molecule has 0 aliphatic carbocycles. The Morgan fingerprint density at radius 2 is 1.95 bits per heavy atom. The minimum atomic E-state index is -0.0280. The molecule has 114 valence electrons. The molecule has 0 bridgehead atoms. The van der Waals surface area contributed by atoms with Crippen molar-refractivity contribution in [1.29, 1.82) is 0 Å². The molecule has 0 aliphatic rings. The maximum absolute atomic E-state index is 12.4. The van der Waals surface area contributed by atoms with Gasteiger partial charge in [0.1, 0.15) is 12.4 Å². The summed E-state index contributed by atoms with van der Waals surface area (Å²) in [5, 5.41) is 1.48. The number of pyridine rings is 1. The zero-order valence-electron chi connectivity index (χ0n) is 12.5. The average Bonchev–Trinajstić information content (AvgIpc) is 2.51. The van der Waals surface area contributed by atoms with E-state index in [1.54, 1.807) is 17.9 Å². The Balaban J connectivity index is 2.24. The molecule has 0 atom stereocenters. The predicted molar refractivity (Wildman–Crippen MR) is 82.1 cm³/mol. The minimum absolute atomic E-state index is 0.0280. The Morgan fingerprint density at radius 1 is 1.10 bits per heavy atom. The standard InChI is InChI=1S/C16H21NO4/c1-3-20-11-12-21-15-6-4-5-14-13(15)7-8-17(16(14)18)9-10-19-2/h4-8H,3,9-12H2,1-2H3. The summed E-state index contributed by atoms with van der Waals surface area (Å²) < 4.78 is 17.6. The van der Waals surface area contributed by atoms with E-state index in [4.69, 9.17) is 14.2 Å². The highest BCUT2D eigenvalue weighted by Gasteiger charge is 2.07. The number of aromatic nitrogens is 1. The van der Waals surface area contributed by atoms with Crippen molar-refractivity contribution < 1.29 is 14.2 Å². The molecule has 0 amide bonds. The second kappa shape index (κ2) is 7.81. The maximum atomic E-state index is 12.4. The zero-order valence-corrected chi connectivity index (χ0v) is 12.5. The molecule has 2 aromatic rings. The monoisotopic (exact) mass is 291 g/mol. The lowest BCUT2D eigenvalue weighted by atomic mass is 10.1. The lowest BCUT2D eigenvalue weighted by Crippen LogP contribution is -2.21. The van der Waals surface area contributed by atoms with Crippen LogP contribution >= 0.6 is 0 Å².